The van der Waals surface area contributed by atoms with Crippen molar-refractivity contribution >= 4 is 6.09 Å². The quantitative estimate of drug-likeness (QED) is 0.473. The van der Waals surface area contributed by atoms with Gasteiger partial charge in [0.1, 0.15) is 18.0 Å². The summed E-state index contributed by atoms with van der Waals surface area (Å²) in [6.07, 6.45) is 3.84. The molecule has 0 radical (unpaired) electrons. The van der Waals surface area contributed by atoms with Gasteiger partial charge in [0, 0.05) is 0 Å². The molecule has 1 rings (SSSR count). The number of carbonyl (C=O) groups excluding carboxylic acids is 1. The van der Waals surface area contributed by atoms with Gasteiger partial charge in [-0.3, -0.25) is 4.84 Å². The molecule has 1 aromatic carbocycles. The lowest BCUT2D eigenvalue weighted by Crippen LogP contribution is -2.37. The first-order chi connectivity index (χ1) is 11.4. The minimum atomic E-state index is -0.539. The van der Waals surface area contributed by atoms with E-state index in [1.807, 2.05) is 45.0 Å². The van der Waals surface area contributed by atoms with Crippen molar-refractivity contribution in [3.05, 3.63) is 29.8 Å². The Labute approximate surface area is 145 Å². The van der Waals surface area contributed by atoms with E-state index in [9.17, 15) is 4.79 Å². The van der Waals surface area contributed by atoms with Gasteiger partial charge in [-0.15, -0.1) is 0 Å². The molecule has 0 heterocycles. The summed E-state index contributed by atoms with van der Waals surface area (Å²) in [6, 6.07) is 7.59. The van der Waals surface area contributed by atoms with Crippen LogP contribution < -0.4 is 4.74 Å². The molecule has 24 heavy (non-hydrogen) atoms. The van der Waals surface area contributed by atoms with Crippen LogP contribution in [0.3, 0.4) is 0 Å². The molecule has 0 aliphatic carbocycles. The van der Waals surface area contributed by atoms with Crippen LogP contribution in [-0.2, 0) is 16.2 Å². The highest BCUT2D eigenvalue weighted by molar-refractivity contribution is 5.66. The van der Waals surface area contributed by atoms with Crippen molar-refractivity contribution in [1.29, 1.82) is 0 Å². The fourth-order valence-electron chi connectivity index (χ4n) is 2.08. The van der Waals surface area contributed by atoms with Gasteiger partial charge in [-0.1, -0.05) is 38.3 Å². The molecule has 5 heteroatoms. The van der Waals surface area contributed by atoms with Crippen molar-refractivity contribution in [3.63, 3.8) is 0 Å². The zero-order chi connectivity index (χ0) is 18.0. The number of amides is 1. The molecule has 0 saturated carbocycles. The third-order valence-electron chi connectivity index (χ3n) is 3.36. The number of benzene rings is 1. The Morgan fingerprint density at radius 3 is 2.29 bits per heavy atom. The average Bonchev–Trinajstić information content (AvgIpc) is 2.53. The maximum Gasteiger partial charge on any atom is 0.434 e. The topological polar surface area (TPSA) is 48.0 Å². The molecule has 1 aromatic rings. The summed E-state index contributed by atoms with van der Waals surface area (Å²) in [6.45, 7) is 8.56. The first-order valence-corrected chi connectivity index (χ1v) is 8.62. The molecular weight excluding hydrogens is 306 g/mol. The zero-order valence-corrected chi connectivity index (χ0v) is 15.6. The number of carbonyl (C=O) groups is 1. The SMILES string of the molecule is CCCCCCN(OCc1ccc(OC)cc1)C(=O)OC(C)(C)C. The molecule has 0 aromatic heterocycles. The van der Waals surface area contributed by atoms with Gasteiger partial charge in [-0.05, 0) is 44.9 Å². The molecular formula is C19H31NO4. The molecule has 1 amide bonds. The van der Waals surface area contributed by atoms with Crippen LogP contribution in [0.25, 0.3) is 0 Å². The number of hydrogen-bond donors (Lipinski definition) is 0. The van der Waals surface area contributed by atoms with Crippen molar-refractivity contribution in [2.45, 2.75) is 65.6 Å². The van der Waals surface area contributed by atoms with E-state index in [0.717, 1.165) is 37.0 Å². The number of hydroxylamine groups is 2. The molecule has 0 fully saturated rings. The van der Waals surface area contributed by atoms with E-state index >= 15 is 0 Å². The van der Waals surface area contributed by atoms with E-state index in [-0.39, 0.29) is 0 Å². The lowest BCUT2D eigenvalue weighted by molar-refractivity contribution is -0.156. The van der Waals surface area contributed by atoms with E-state index in [4.69, 9.17) is 14.3 Å². The molecule has 0 atom stereocenters. The second-order valence-corrected chi connectivity index (χ2v) is 6.76. The summed E-state index contributed by atoms with van der Waals surface area (Å²) in [5.41, 5.74) is 0.431. The number of hydrogen-bond acceptors (Lipinski definition) is 4. The predicted molar refractivity (Wildman–Crippen MR) is 94.9 cm³/mol. The molecule has 0 aliphatic rings. The third-order valence-corrected chi connectivity index (χ3v) is 3.36. The molecule has 0 spiro atoms. The average molecular weight is 337 g/mol. The van der Waals surface area contributed by atoms with Gasteiger partial charge in [-0.25, -0.2) is 4.79 Å². The normalized spacial score (nSPS) is 11.2. The van der Waals surface area contributed by atoms with Gasteiger partial charge in [0.25, 0.3) is 0 Å². The first-order valence-electron chi connectivity index (χ1n) is 8.62. The van der Waals surface area contributed by atoms with Crippen LogP contribution in [0.1, 0.15) is 58.9 Å². The maximum absolute atomic E-state index is 12.3. The highest BCUT2D eigenvalue weighted by Crippen LogP contribution is 2.15. The number of rotatable bonds is 9. The van der Waals surface area contributed by atoms with E-state index < -0.39 is 11.7 Å². The van der Waals surface area contributed by atoms with Crippen LogP contribution in [0.5, 0.6) is 5.75 Å². The Morgan fingerprint density at radius 1 is 1.08 bits per heavy atom. The molecule has 0 unspecified atom stereocenters. The lowest BCUT2D eigenvalue weighted by Gasteiger charge is -2.26. The van der Waals surface area contributed by atoms with E-state index in [0.29, 0.717) is 13.2 Å². The van der Waals surface area contributed by atoms with E-state index in [1.165, 1.54) is 5.06 Å². The predicted octanol–water partition coefficient (Wildman–Crippen LogP) is 4.94. The van der Waals surface area contributed by atoms with Crippen molar-refractivity contribution < 1.29 is 19.1 Å². The van der Waals surface area contributed by atoms with Gasteiger partial charge >= 0.3 is 6.09 Å². The van der Waals surface area contributed by atoms with Gasteiger partial charge in [0.2, 0.25) is 0 Å². The van der Waals surface area contributed by atoms with Crippen LogP contribution in [0.15, 0.2) is 24.3 Å². The summed E-state index contributed by atoms with van der Waals surface area (Å²) < 4.78 is 10.6. The van der Waals surface area contributed by atoms with Crippen LogP contribution in [0.4, 0.5) is 4.79 Å². The zero-order valence-electron chi connectivity index (χ0n) is 15.6. The third kappa shape index (κ3) is 8.20. The molecule has 136 valence electrons. The minimum absolute atomic E-state index is 0.316. The summed E-state index contributed by atoms with van der Waals surface area (Å²) in [5.74, 6) is 0.794. The summed E-state index contributed by atoms with van der Waals surface area (Å²) in [7, 11) is 1.63. The monoisotopic (exact) mass is 337 g/mol. The second kappa shape index (κ2) is 10.2. The Bertz CT molecular complexity index is 479. The van der Waals surface area contributed by atoms with E-state index in [1.54, 1.807) is 7.11 Å². The maximum atomic E-state index is 12.3. The van der Waals surface area contributed by atoms with E-state index in [2.05, 4.69) is 6.92 Å². The standard InChI is InChI=1S/C19H31NO4/c1-6-7-8-9-14-20(18(21)24-19(2,3)4)23-15-16-10-12-17(22-5)13-11-16/h10-13H,6-9,14-15H2,1-5H3. The van der Waals surface area contributed by atoms with Crippen molar-refractivity contribution in [2.75, 3.05) is 13.7 Å². The van der Waals surface area contributed by atoms with Crippen LogP contribution in [0, 0.1) is 0 Å². The summed E-state index contributed by atoms with van der Waals surface area (Å²) in [4.78, 5) is 18.0. The highest BCUT2D eigenvalue weighted by Gasteiger charge is 2.22. The van der Waals surface area contributed by atoms with Crippen molar-refractivity contribution in [3.8, 4) is 5.75 Å². The fraction of sp³-hybridized carbons (Fsp3) is 0.632. The Kier molecular flexibility index (Phi) is 8.61. The summed E-state index contributed by atoms with van der Waals surface area (Å²) in [5, 5.41) is 1.34. The Hall–Kier alpha value is -1.75. The number of methoxy groups -OCH3 is 1. The van der Waals surface area contributed by atoms with Gasteiger partial charge < -0.3 is 9.47 Å². The highest BCUT2D eigenvalue weighted by atomic mass is 16.7. The van der Waals surface area contributed by atoms with Crippen LogP contribution >= 0.6 is 0 Å². The smallest absolute Gasteiger partial charge is 0.434 e. The van der Waals surface area contributed by atoms with Gasteiger partial charge in [0.05, 0.1) is 13.7 Å². The number of ether oxygens (including phenoxy) is 2. The second-order valence-electron chi connectivity index (χ2n) is 6.76. The van der Waals surface area contributed by atoms with Crippen LogP contribution in [-0.4, -0.2) is 30.4 Å². The molecule has 0 aliphatic heterocycles. The number of unbranched alkanes of at least 4 members (excludes halogenated alkanes) is 3. The number of nitrogens with zero attached hydrogens (tertiary/aromatic N) is 1. The Morgan fingerprint density at radius 2 is 1.75 bits per heavy atom. The minimum Gasteiger partial charge on any atom is -0.497 e. The van der Waals surface area contributed by atoms with Crippen molar-refractivity contribution in [1.82, 2.24) is 5.06 Å². The lowest BCUT2D eigenvalue weighted by atomic mass is 10.2. The largest absolute Gasteiger partial charge is 0.497 e. The van der Waals surface area contributed by atoms with Gasteiger partial charge in [0.15, 0.2) is 0 Å². The molecule has 0 saturated heterocycles. The van der Waals surface area contributed by atoms with Crippen molar-refractivity contribution in [2.24, 2.45) is 0 Å². The fourth-order valence-corrected chi connectivity index (χ4v) is 2.08. The molecule has 0 N–H and O–H groups in total. The van der Waals surface area contributed by atoms with Crippen LogP contribution in [0.2, 0.25) is 0 Å². The molecule has 0 bridgehead atoms. The summed E-state index contributed by atoms with van der Waals surface area (Å²) >= 11 is 0. The first kappa shape index (κ1) is 20.3. The van der Waals surface area contributed by atoms with Gasteiger partial charge in [-0.2, -0.15) is 5.06 Å². The Balaban J connectivity index is 2.60. The molecule has 5 nitrogen and oxygen atoms in total.